The van der Waals surface area contributed by atoms with Crippen LogP contribution in [-0.2, 0) is 5.60 Å². The van der Waals surface area contributed by atoms with Gasteiger partial charge in [-0.05, 0) is 43.0 Å². The zero-order valence-corrected chi connectivity index (χ0v) is 15.7. The molecule has 0 saturated carbocycles. The summed E-state index contributed by atoms with van der Waals surface area (Å²) in [6.45, 7) is 7.11. The number of fused-ring (bicyclic) bond motifs is 1. The second-order valence-electron chi connectivity index (χ2n) is 6.68. The van der Waals surface area contributed by atoms with Crippen LogP contribution in [0.4, 0.5) is 4.39 Å². The molecule has 0 aliphatic carbocycles. The van der Waals surface area contributed by atoms with Crippen LogP contribution >= 0.6 is 23.2 Å². The summed E-state index contributed by atoms with van der Waals surface area (Å²) in [4.78, 5) is 15.3. The molecule has 3 aromatic rings. The van der Waals surface area contributed by atoms with Gasteiger partial charge in [-0.2, -0.15) is 0 Å². The lowest BCUT2D eigenvalue weighted by Crippen LogP contribution is -2.17. The minimum Gasteiger partial charge on any atom is -0.383 e. The number of aromatic amines is 1. The summed E-state index contributed by atoms with van der Waals surface area (Å²) < 4.78 is 14.7. The summed E-state index contributed by atoms with van der Waals surface area (Å²) in [7, 11) is 0. The van der Waals surface area contributed by atoms with Gasteiger partial charge in [-0.3, -0.25) is 0 Å². The highest BCUT2D eigenvalue weighted by Gasteiger charge is 2.26. The molecule has 2 heterocycles. The fraction of sp³-hybridized carbons (Fsp3) is 0.353. The normalized spacial score (nSPS) is 12.4. The van der Waals surface area contributed by atoms with Crippen LogP contribution in [0.3, 0.4) is 0 Å². The number of H-pyrrole nitrogens is 1. The van der Waals surface area contributed by atoms with E-state index in [0.717, 1.165) is 5.56 Å². The van der Waals surface area contributed by atoms with Gasteiger partial charge in [0.15, 0.2) is 5.82 Å². The molecule has 0 unspecified atom stereocenters. The molecule has 2 aromatic heterocycles. The number of hydrogen-bond donors (Lipinski definition) is 2. The van der Waals surface area contributed by atoms with Crippen molar-refractivity contribution in [2.75, 3.05) is 0 Å². The van der Waals surface area contributed by atoms with Crippen LogP contribution in [-0.4, -0.2) is 25.0 Å². The van der Waals surface area contributed by atoms with Crippen molar-refractivity contribution in [1.82, 2.24) is 19.9 Å². The van der Waals surface area contributed by atoms with E-state index in [-0.39, 0.29) is 27.6 Å². The van der Waals surface area contributed by atoms with Gasteiger partial charge in [0.1, 0.15) is 16.9 Å². The molecule has 0 aliphatic rings. The summed E-state index contributed by atoms with van der Waals surface area (Å²) in [5.74, 6) is -0.239. The van der Waals surface area contributed by atoms with Crippen LogP contribution in [0, 0.1) is 5.82 Å². The van der Waals surface area contributed by atoms with Gasteiger partial charge >= 0.3 is 0 Å². The SMILES string of the molecule is CC(C)c1c(-c2nc(Cl)ncc2Cl)cc(F)c2nc(C(C)(C)O)[nH]c12. The van der Waals surface area contributed by atoms with Crippen molar-refractivity contribution in [3.05, 3.63) is 39.8 Å². The molecule has 5 nitrogen and oxygen atoms in total. The van der Waals surface area contributed by atoms with E-state index in [1.54, 1.807) is 13.8 Å². The zero-order valence-electron chi connectivity index (χ0n) is 14.2. The number of aliphatic hydroxyl groups is 1. The first-order valence-electron chi connectivity index (χ1n) is 7.73. The predicted octanol–water partition coefficient (Wildman–Crippen LogP) is 4.82. The second-order valence-corrected chi connectivity index (χ2v) is 7.42. The topological polar surface area (TPSA) is 74.7 Å². The van der Waals surface area contributed by atoms with Gasteiger partial charge in [0.25, 0.3) is 0 Å². The van der Waals surface area contributed by atoms with Crippen LogP contribution in [0.2, 0.25) is 10.3 Å². The Morgan fingerprint density at radius 2 is 1.92 bits per heavy atom. The van der Waals surface area contributed by atoms with E-state index < -0.39 is 11.4 Å². The summed E-state index contributed by atoms with van der Waals surface area (Å²) in [5, 5.41) is 10.5. The van der Waals surface area contributed by atoms with Crippen molar-refractivity contribution in [3.63, 3.8) is 0 Å². The molecule has 1 aromatic carbocycles. The molecule has 2 N–H and O–H groups in total. The molecule has 0 amide bonds. The molecule has 8 heteroatoms. The Balaban J connectivity index is 2.40. The number of hydrogen-bond acceptors (Lipinski definition) is 4. The standard InChI is InChI=1S/C17H17Cl2FN4O/c1-7(2)11-8(12-9(18)6-21-16(19)24-12)5-10(20)13-14(11)23-15(22-13)17(3,4)25/h5-7,25H,1-4H3,(H,22,23). The smallest absolute Gasteiger partial charge is 0.222 e. The zero-order chi connectivity index (χ0) is 18.5. The second kappa shape index (κ2) is 6.20. The number of imidazole rings is 1. The molecule has 25 heavy (non-hydrogen) atoms. The van der Waals surface area contributed by atoms with Crippen LogP contribution in [0.1, 0.15) is 45.0 Å². The minimum atomic E-state index is -1.23. The van der Waals surface area contributed by atoms with Crippen molar-refractivity contribution in [2.45, 2.75) is 39.2 Å². The first-order valence-corrected chi connectivity index (χ1v) is 8.48. The van der Waals surface area contributed by atoms with Crippen LogP contribution in [0.15, 0.2) is 12.3 Å². The Bertz CT molecular complexity index is 963. The van der Waals surface area contributed by atoms with Crippen molar-refractivity contribution < 1.29 is 9.50 Å². The first kappa shape index (κ1) is 18.0. The van der Waals surface area contributed by atoms with Crippen molar-refractivity contribution in [2.24, 2.45) is 0 Å². The van der Waals surface area contributed by atoms with Crippen molar-refractivity contribution in [1.29, 1.82) is 0 Å². The molecule has 0 saturated heterocycles. The molecule has 0 radical (unpaired) electrons. The summed E-state index contributed by atoms with van der Waals surface area (Å²) in [5.41, 5.74) is 1.10. The van der Waals surface area contributed by atoms with Gasteiger partial charge < -0.3 is 10.1 Å². The molecular formula is C17H17Cl2FN4O. The van der Waals surface area contributed by atoms with E-state index in [0.29, 0.717) is 16.8 Å². The van der Waals surface area contributed by atoms with Gasteiger partial charge in [-0.25, -0.2) is 19.3 Å². The third-order valence-corrected chi connectivity index (χ3v) is 4.35. The van der Waals surface area contributed by atoms with E-state index in [2.05, 4.69) is 19.9 Å². The van der Waals surface area contributed by atoms with Crippen molar-refractivity contribution in [3.8, 4) is 11.3 Å². The van der Waals surface area contributed by atoms with Gasteiger partial charge in [-0.15, -0.1) is 0 Å². The maximum atomic E-state index is 14.7. The van der Waals surface area contributed by atoms with Gasteiger partial charge in [0.2, 0.25) is 5.28 Å². The highest BCUT2D eigenvalue weighted by Crippen LogP contribution is 2.38. The Kier molecular flexibility index (Phi) is 4.47. The van der Waals surface area contributed by atoms with E-state index in [9.17, 15) is 9.50 Å². The van der Waals surface area contributed by atoms with Crippen LogP contribution in [0.5, 0.6) is 0 Å². The minimum absolute atomic E-state index is 0.0120. The first-order chi connectivity index (χ1) is 11.6. The quantitative estimate of drug-likeness (QED) is 0.636. The number of benzene rings is 1. The highest BCUT2D eigenvalue weighted by molar-refractivity contribution is 6.33. The van der Waals surface area contributed by atoms with Gasteiger partial charge in [0, 0.05) is 5.56 Å². The monoisotopic (exact) mass is 382 g/mol. The number of halogens is 3. The molecule has 0 aliphatic heterocycles. The molecule has 0 fully saturated rings. The highest BCUT2D eigenvalue weighted by atomic mass is 35.5. The predicted molar refractivity (Wildman–Crippen MR) is 96.4 cm³/mol. The van der Waals surface area contributed by atoms with Gasteiger partial charge in [0.05, 0.1) is 22.4 Å². The third kappa shape index (κ3) is 3.21. The lowest BCUT2D eigenvalue weighted by Gasteiger charge is -2.15. The largest absolute Gasteiger partial charge is 0.383 e. The molecule has 132 valence electrons. The number of rotatable bonds is 3. The van der Waals surface area contributed by atoms with Crippen LogP contribution < -0.4 is 0 Å². The Morgan fingerprint density at radius 3 is 2.52 bits per heavy atom. The average molecular weight is 383 g/mol. The summed E-state index contributed by atoms with van der Waals surface area (Å²) >= 11 is 12.1. The molecule has 0 spiro atoms. The number of nitrogens with zero attached hydrogens (tertiary/aromatic N) is 3. The lowest BCUT2D eigenvalue weighted by molar-refractivity contribution is 0.0700. The fourth-order valence-corrected chi connectivity index (χ4v) is 3.09. The van der Waals surface area contributed by atoms with Gasteiger partial charge in [-0.1, -0.05) is 25.4 Å². The molecule has 3 rings (SSSR count). The molecule has 0 atom stereocenters. The average Bonchev–Trinajstić information content (AvgIpc) is 2.94. The third-order valence-electron chi connectivity index (χ3n) is 3.89. The Hall–Kier alpha value is -1.76. The maximum Gasteiger partial charge on any atom is 0.222 e. The number of aromatic nitrogens is 4. The Labute approximate surface area is 154 Å². The van der Waals surface area contributed by atoms with Crippen LogP contribution in [0.25, 0.3) is 22.3 Å². The van der Waals surface area contributed by atoms with E-state index >= 15 is 0 Å². The maximum absolute atomic E-state index is 14.7. The lowest BCUT2D eigenvalue weighted by atomic mass is 9.93. The number of nitrogens with one attached hydrogen (secondary N) is 1. The summed E-state index contributed by atoms with van der Waals surface area (Å²) in [6.07, 6.45) is 1.38. The molecule has 0 bridgehead atoms. The molecular weight excluding hydrogens is 366 g/mol. The van der Waals surface area contributed by atoms with E-state index in [4.69, 9.17) is 23.2 Å². The summed E-state index contributed by atoms with van der Waals surface area (Å²) in [6, 6.07) is 1.34. The van der Waals surface area contributed by atoms with E-state index in [1.165, 1.54) is 12.3 Å². The fourth-order valence-electron chi connectivity index (χ4n) is 2.77. The van der Waals surface area contributed by atoms with E-state index in [1.807, 2.05) is 13.8 Å². The van der Waals surface area contributed by atoms with Crippen molar-refractivity contribution >= 4 is 34.2 Å². The Morgan fingerprint density at radius 1 is 1.24 bits per heavy atom.